The van der Waals surface area contributed by atoms with Crippen LogP contribution in [0.3, 0.4) is 0 Å². The summed E-state index contributed by atoms with van der Waals surface area (Å²) in [5, 5.41) is 0. The first-order valence-corrected chi connectivity index (χ1v) is 10.9. The Hall–Kier alpha value is -1.11. The highest BCUT2D eigenvalue weighted by Crippen LogP contribution is 2.28. The lowest BCUT2D eigenvalue weighted by Crippen LogP contribution is -2.50. The molecule has 2 heterocycles. The third-order valence-electron chi connectivity index (χ3n) is 5.52. The highest BCUT2D eigenvalue weighted by Gasteiger charge is 2.33. The molecule has 0 bridgehead atoms. The topological polar surface area (TPSA) is 49.9 Å². The Bertz CT molecular complexity index is 682. The second kappa shape index (κ2) is 8.06. The van der Waals surface area contributed by atoms with Gasteiger partial charge in [0.25, 0.3) is 0 Å². The van der Waals surface area contributed by atoms with Crippen LogP contribution in [-0.2, 0) is 10.0 Å². The predicted molar refractivity (Wildman–Crippen MR) is 99.6 cm³/mol. The van der Waals surface area contributed by atoms with Gasteiger partial charge in [0.15, 0.2) is 0 Å². The molecule has 2 fully saturated rings. The Labute approximate surface area is 152 Å². The fraction of sp³-hybridized carbons (Fsp3) is 0.684. The summed E-state index contributed by atoms with van der Waals surface area (Å²) in [6, 6.07) is 5.57. The number of hydrogen-bond donors (Lipinski definition) is 0. The van der Waals surface area contributed by atoms with Gasteiger partial charge in [0.2, 0.25) is 10.0 Å². The smallest absolute Gasteiger partial charge is 0.243 e. The van der Waals surface area contributed by atoms with Crippen molar-refractivity contribution >= 4 is 10.0 Å². The number of sulfonamides is 1. The van der Waals surface area contributed by atoms with Gasteiger partial charge in [-0.25, -0.2) is 8.42 Å². The number of hydrogen-bond acceptors (Lipinski definition) is 4. The number of methoxy groups -OCH3 is 1. The van der Waals surface area contributed by atoms with Crippen LogP contribution in [0.1, 0.15) is 44.1 Å². The van der Waals surface area contributed by atoms with Gasteiger partial charge in [0.05, 0.1) is 12.0 Å². The van der Waals surface area contributed by atoms with E-state index in [1.165, 1.54) is 25.7 Å². The van der Waals surface area contributed by atoms with Gasteiger partial charge < -0.3 is 4.74 Å². The average Bonchev–Trinajstić information content (AvgIpc) is 2.91. The number of likely N-dealkylation sites (tertiary alicyclic amines) is 1. The van der Waals surface area contributed by atoms with Gasteiger partial charge in [-0.3, -0.25) is 4.90 Å². The van der Waals surface area contributed by atoms with E-state index in [0.29, 0.717) is 29.8 Å². The second-order valence-electron chi connectivity index (χ2n) is 7.24. The third-order valence-corrected chi connectivity index (χ3v) is 7.54. The molecule has 0 N–H and O–H groups in total. The van der Waals surface area contributed by atoms with Crippen molar-refractivity contribution in [2.75, 3.05) is 33.3 Å². The molecule has 6 heteroatoms. The van der Waals surface area contributed by atoms with Crippen LogP contribution in [0.15, 0.2) is 23.1 Å². The number of benzene rings is 1. The molecule has 0 aromatic heterocycles. The second-order valence-corrected chi connectivity index (χ2v) is 9.15. The van der Waals surface area contributed by atoms with Crippen molar-refractivity contribution in [1.29, 1.82) is 0 Å². The molecule has 25 heavy (non-hydrogen) atoms. The minimum absolute atomic E-state index is 0.361. The van der Waals surface area contributed by atoms with Crippen LogP contribution in [-0.4, -0.2) is 57.0 Å². The van der Waals surface area contributed by atoms with Crippen molar-refractivity contribution in [2.24, 2.45) is 0 Å². The minimum Gasteiger partial charge on any atom is -0.497 e. The van der Waals surface area contributed by atoms with Crippen LogP contribution >= 0.6 is 0 Å². The largest absolute Gasteiger partial charge is 0.497 e. The SMILES string of the molecule is COc1ccc(S(=O)(=O)N2CCCC(N3CCCCCC3)C2)c(C)c1. The molecule has 140 valence electrons. The first-order chi connectivity index (χ1) is 12.0. The number of rotatable bonds is 4. The van der Waals surface area contributed by atoms with Crippen LogP contribution in [0.2, 0.25) is 0 Å². The molecule has 1 atom stereocenters. The van der Waals surface area contributed by atoms with E-state index in [9.17, 15) is 8.42 Å². The molecular formula is C19H30N2O3S. The van der Waals surface area contributed by atoms with Gasteiger partial charge in [0, 0.05) is 19.1 Å². The first kappa shape index (κ1) is 18.7. The van der Waals surface area contributed by atoms with E-state index in [1.54, 1.807) is 29.6 Å². The summed E-state index contributed by atoms with van der Waals surface area (Å²) in [4.78, 5) is 2.93. The van der Waals surface area contributed by atoms with E-state index in [2.05, 4.69) is 4.90 Å². The third kappa shape index (κ3) is 4.18. The molecule has 0 aliphatic carbocycles. The molecule has 1 aromatic rings. The highest BCUT2D eigenvalue weighted by molar-refractivity contribution is 7.89. The summed E-state index contributed by atoms with van der Waals surface area (Å²) in [5.41, 5.74) is 0.747. The van der Waals surface area contributed by atoms with Crippen molar-refractivity contribution in [2.45, 2.75) is 56.4 Å². The zero-order chi connectivity index (χ0) is 17.9. The fourth-order valence-electron chi connectivity index (χ4n) is 4.07. The molecule has 0 radical (unpaired) electrons. The number of ether oxygens (including phenoxy) is 1. The maximum Gasteiger partial charge on any atom is 0.243 e. The van der Waals surface area contributed by atoms with E-state index in [-0.39, 0.29) is 0 Å². The molecule has 1 unspecified atom stereocenters. The fourth-order valence-corrected chi connectivity index (χ4v) is 5.80. The van der Waals surface area contributed by atoms with Crippen LogP contribution in [0.4, 0.5) is 0 Å². The molecule has 5 nitrogen and oxygen atoms in total. The summed E-state index contributed by atoms with van der Waals surface area (Å²) in [6.45, 7) is 5.30. The van der Waals surface area contributed by atoms with Gasteiger partial charge in [-0.05, 0) is 69.5 Å². The summed E-state index contributed by atoms with van der Waals surface area (Å²) < 4.78 is 33.2. The Balaban J connectivity index is 1.77. The highest BCUT2D eigenvalue weighted by atomic mass is 32.2. The lowest BCUT2D eigenvalue weighted by atomic mass is 10.1. The summed E-state index contributed by atoms with van der Waals surface area (Å²) in [7, 11) is -1.85. The van der Waals surface area contributed by atoms with Crippen molar-refractivity contribution in [1.82, 2.24) is 9.21 Å². The first-order valence-electron chi connectivity index (χ1n) is 9.41. The van der Waals surface area contributed by atoms with E-state index >= 15 is 0 Å². The zero-order valence-corrected chi connectivity index (χ0v) is 16.2. The Morgan fingerprint density at radius 1 is 1.04 bits per heavy atom. The summed E-state index contributed by atoms with van der Waals surface area (Å²) >= 11 is 0. The van der Waals surface area contributed by atoms with Crippen LogP contribution in [0, 0.1) is 6.92 Å². The number of piperidine rings is 1. The molecule has 2 aliphatic rings. The quantitative estimate of drug-likeness (QED) is 0.822. The van der Waals surface area contributed by atoms with E-state index in [4.69, 9.17) is 4.74 Å². The van der Waals surface area contributed by atoms with Gasteiger partial charge in [-0.1, -0.05) is 12.8 Å². The molecule has 2 saturated heterocycles. The van der Waals surface area contributed by atoms with Gasteiger partial charge in [-0.2, -0.15) is 4.31 Å². The zero-order valence-electron chi connectivity index (χ0n) is 15.4. The lowest BCUT2D eigenvalue weighted by Gasteiger charge is -2.38. The Kier molecular flexibility index (Phi) is 6.02. The van der Waals surface area contributed by atoms with Crippen molar-refractivity contribution in [3.63, 3.8) is 0 Å². The van der Waals surface area contributed by atoms with Crippen molar-refractivity contribution in [3.8, 4) is 5.75 Å². The van der Waals surface area contributed by atoms with E-state index < -0.39 is 10.0 Å². The molecule has 0 spiro atoms. The Morgan fingerprint density at radius 2 is 1.76 bits per heavy atom. The Morgan fingerprint density at radius 3 is 2.40 bits per heavy atom. The monoisotopic (exact) mass is 366 g/mol. The van der Waals surface area contributed by atoms with Crippen molar-refractivity contribution < 1.29 is 13.2 Å². The molecule has 2 aliphatic heterocycles. The number of aryl methyl sites for hydroxylation is 1. The summed E-state index contributed by atoms with van der Waals surface area (Å²) in [5.74, 6) is 0.692. The minimum atomic E-state index is -3.45. The van der Waals surface area contributed by atoms with Crippen molar-refractivity contribution in [3.05, 3.63) is 23.8 Å². The normalized spacial score (nSPS) is 24.0. The average molecular weight is 367 g/mol. The summed E-state index contributed by atoms with van der Waals surface area (Å²) in [6.07, 6.45) is 7.12. The molecular weight excluding hydrogens is 336 g/mol. The maximum absolute atomic E-state index is 13.2. The standard InChI is InChI=1S/C19H30N2O3S/c1-16-14-18(24-2)9-10-19(16)25(22,23)21-13-7-8-17(15-21)20-11-5-3-4-6-12-20/h9-10,14,17H,3-8,11-13,15H2,1-2H3. The molecule has 3 rings (SSSR count). The molecule has 1 aromatic carbocycles. The van der Waals surface area contributed by atoms with E-state index in [1.807, 2.05) is 6.92 Å². The lowest BCUT2D eigenvalue weighted by molar-refractivity contribution is 0.139. The van der Waals surface area contributed by atoms with Crippen LogP contribution in [0.5, 0.6) is 5.75 Å². The maximum atomic E-state index is 13.2. The predicted octanol–water partition coefficient (Wildman–Crippen LogP) is 3.03. The van der Waals surface area contributed by atoms with Crippen LogP contribution in [0.25, 0.3) is 0 Å². The van der Waals surface area contributed by atoms with E-state index in [0.717, 1.165) is 31.5 Å². The molecule has 0 saturated carbocycles. The van der Waals surface area contributed by atoms with Gasteiger partial charge >= 0.3 is 0 Å². The van der Waals surface area contributed by atoms with Gasteiger partial charge in [0.1, 0.15) is 5.75 Å². The number of nitrogens with zero attached hydrogens (tertiary/aromatic N) is 2. The molecule has 0 amide bonds. The van der Waals surface area contributed by atoms with Crippen LogP contribution < -0.4 is 4.74 Å². The van der Waals surface area contributed by atoms with Gasteiger partial charge in [-0.15, -0.1) is 0 Å².